The number of carboxylic acid groups (broad SMARTS) is 1. The van der Waals surface area contributed by atoms with Crippen LogP contribution in [0, 0.1) is 0 Å². The van der Waals surface area contributed by atoms with Gasteiger partial charge in [-0.1, -0.05) is 12.1 Å². The Morgan fingerprint density at radius 2 is 1.88 bits per heavy atom. The summed E-state index contributed by atoms with van der Waals surface area (Å²) >= 11 is 0. The molecule has 2 N–H and O–H groups in total. The lowest BCUT2D eigenvalue weighted by molar-refractivity contribution is 0.0697. The minimum atomic E-state index is -0.952. The van der Waals surface area contributed by atoms with E-state index in [0.29, 0.717) is 12.5 Å². The highest BCUT2D eigenvalue weighted by Crippen LogP contribution is 2.27. The molecule has 1 aromatic carbocycles. The molecule has 0 spiro atoms. The number of aromatic nitrogens is 2. The van der Waals surface area contributed by atoms with Crippen molar-refractivity contribution >= 4 is 12.0 Å². The first kappa shape index (κ1) is 17.0. The highest BCUT2D eigenvalue weighted by molar-refractivity contribution is 5.87. The van der Waals surface area contributed by atoms with E-state index >= 15 is 0 Å². The summed E-state index contributed by atoms with van der Waals surface area (Å²) in [6.45, 7) is 1.83. The summed E-state index contributed by atoms with van der Waals surface area (Å²) in [5.74, 6) is -0.507. The molecule has 1 aliphatic heterocycles. The molecule has 1 aliphatic rings. The summed E-state index contributed by atoms with van der Waals surface area (Å²) in [5.41, 5.74) is 2.34. The second-order valence-corrected chi connectivity index (χ2v) is 6.30. The van der Waals surface area contributed by atoms with Gasteiger partial charge in [-0.2, -0.15) is 5.10 Å². The lowest BCUT2D eigenvalue weighted by Crippen LogP contribution is -2.44. The standard InChI is InChI=1S/C18H22N4O3/c1-21-16(6-9-20-21)14-7-10-22(11-8-14)18(25)19-12-13-2-4-15(5-3-13)17(23)24/h2-6,9,14H,7-8,10-12H2,1H3,(H,19,25)(H,23,24). The third kappa shape index (κ3) is 3.99. The third-order valence-electron chi connectivity index (χ3n) is 4.70. The Bertz CT molecular complexity index is 746. The fourth-order valence-corrected chi connectivity index (χ4v) is 3.22. The van der Waals surface area contributed by atoms with Gasteiger partial charge < -0.3 is 15.3 Å². The van der Waals surface area contributed by atoms with Crippen molar-refractivity contribution in [2.24, 2.45) is 7.05 Å². The normalized spacial score (nSPS) is 15.2. The van der Waals surface area contributed by atoms with Gasteiger partial charge in [0.15, 0.2) is 0 Å². The van der Waals surface area contributed by atoms with Crippen LogP contribution in [-0.4, -0.2) is 44.9 Å². The number of aromatic carboxylic acids is 1. The van der Waals surface area contributed by atoms with E-state index in [4.69, 9.17) is 5.11 Å². The molecule has 2 heterocycles. The lowest BCUT2D eigenvalue weighted by Gasteiger charge is -2.32. The number of nitrogens with zero attached hydrogens (tertiary/aromatic N) is 3. The summed E-state index contributed by atoms with van der Waals surface area (Å²) in [6, 6.07) is 8.50. The zero-order valence-electron chi connectivity index (χ0n) is 14.2. The van der Waals surface area contributed by atoms with Crippen molar-refractivity contribution in [3.63, 3.8) is 0 Å². The topological polar surface area (TPSA) is 87.5 Å². The molecule has 132 valence electrons. The largest absolute Gasteiger partial charge is 0.478 e. The Hall–Kier alpha value is -2.83. The first-order valence-corrected chi connectivity index (χ1v) is 8.37. The Labute approximate surface area is 146 Å². The molecule has 7 heteroatoms. The molecular formula is C18H22N4O3. The number of rotatable bonds is 4. The van der Waals surface area contributed by atoms with E-state index in [2.05, 4.69) is 10.4 Å². The molecule has 0 unspecified atom stereocenters. The van der Waals surface area contributed by atoms with Crippen LogP contribution in [0.5, 0.6) is 0 Å². The second kappa shape index (κ2) is 7.38. The number of piperidine rings is 1. The monoisotopic (exact) mass is 342 g/mol. The van der Waals surface area contributed by atoms with Crippen LogP contribution in [0.1, 0.15) is 40.4 Å². The number of hydrogen-bond donors (Lipinski definition) is 2. The molecule has 1 fully saturated rings. The number of carbonyl (C=O) groups is 2. The van der Waals surface area contributed by atoms with Crippen molar-refractivity contribution < 1.29 is 14.7 Å². The van der Waals surface area contributed by atoms with Crippen LogP contribution in [0.15, 0.2) is 36.5 Å². The fourth-order valence-electron chi connectivity index (χ4n) is 3.22. The Morgan fingerprint density at radius 3 is 2.44 bits per heavy atom. The van der Waals surface area contributed by atoms with E-state index in [1.807, 2.05) is 28.9 Å². The number of carboxylic acids is 1. The van der Waals surface area contributed by atoms with Gasteiger partial charge in [0.1, 0.15) is 0 Å². The molecule has 0 radical (unpaired) electrons. The van der Waals surface area contributed by atoms with Gasteiger partial charge in [0.25, 0.3) is 0 Å². The Balaban J connectivity index is 1.48. The van der Waals surface area contributed by atoms with Crippen LogP contribution in [-0.2, 0) is 13.6 Å². The van der Waals surface area contributed by atoms with Crippen molar-refractivity contribution in [2.45, 2.75) is 25.3 Å². The van der Waals surface area contributed by atoms with Gasteiger partial charge >= 0.3 is 12.0 Å². The molecule has 0 atom stereocenters. The maximum Gasteiger partial charge on any atom is 0.335 e. The molecule has 1 aromatic heterocycles. The van der Waals surface area contributed by atoms with Gasteiger partial charge in [0.05, 0.1) is 5.56 Å². The summed E-state index contributed by atoms with van der Waals surface area (Å²) in [4.78, 5) is 25.0. The zero-order valence-corrected chi connectivity index (χ0v) is 14.2. The highest BCUT2D eigenvalue weighted by atomic mass is 16.4. The average molecular weight is 342 g/mol. The first-order chi connectivity index (χ1) is 12.0. The first-order valence-electron chi connectivity index (χ1n) is 8.37. The number of carbonyl (C=O) groups excluding carboxylic acids is 1. The molecule has 2 aromatic rings. The van der Waals surface area contributed by atoms with E-state index < -0.39 is 5.97 Å². The average Bonchev–Trinajstić information content (AvgIpc) is 3.06. The number of benzene rings is 1. The van der Waals surface area contributed by atoms with E-state index in [9.17, 15) is 9.59 Å². The number of likely N-dealkylation sites (tertiary alicyclic amines) is 1. The summed E-state index contributed by atoms with van der Waals surface area (Å²) in [5, 5.41) is 16.0. The summed E-state index contributed by atoms with van der Waals surface area (Å²) in [7, 11) is 1.95. The van der Waals surface area contributed by atoms with Crippen LogP contribution in [0.2, 0.25) is 0 Å². The minimum Gasteiger partial charge on any atom is -0.478 e. The smallest absolute Gasteiger partial charge is 0.335 e. The van der Waals surface area contributed by atoms with E-state index in [1.54, 1.807) is 24.3 Å². The lowest BCUT2D eigenvalue weighted by atomic mass is 9.93. The second-order valence-electron chi connectivity index (χ2n) is 6.30. The molecular weight excluding hydrogens is 320 g/mol. The quantitative estimate of drug-likeness (QED) is 0.892. The molecule has 0 saturated carbocycles. The number of urea groups is 1. The molecule has 1 saturated heterocycles. The van der Waals surface area contributed by atoms with Gasteiger partial charge in [-0.15, -0.1) is 0 Å². The van der Waals surface area contributed by atoms with Crippen LogP contribution in [0.4, 0.5) is 4.79 Å². The van der Waals surface area contributed by atoms with Crippen LogP contribution in [0.3, 0.4) is 0 Å². The Morgan fingerprint density at radius 1 is 1.20 bits per heavy atom. The van der Waals surface area contributed by atoms with Crippen molar-refractivity contribution in [3.8, 4) is 0 Å². The third-order valence-corrected chi connectivity index (χ3v) is 4.70. The minimum absolute atomic E-state index is 0.0780. The van der Waals surface area contributed by atoms with E-state index in [1.165, 1.54) is 5.69 Å². The van der Waals surface area contributed by atoms with Gasteiger partial charge in [-0.3, -0.25) is 4.68 Å². The number of nitrogens with one attached hydrogen (secondary N) is 1. The van der Waals surface area contributed by atoms with Crippen LogP contribution >= 0.6 is 0 Å². The van der Waals surface area contributed by atoms with Crippen molar-refractivity contribution in [1.82, 2.24) is 20.0 Å². The number of amides is 2. The maximum atomic E-state index is 12.3. The maximum absolute atomic E-state index is 12.3. The molecule has 25 heavy (non-hydrogen) atoms. The molecule has 3 rings (SSSR count). The zero-order chi connectivity index (χ0) is 17.8. The van der Waals surface area contributed by atoms with Crippen molar-refractivity contribution in [3.05, 3.63) is 53.3 Å². The molecule has 2 amide bonds. The number of hydrogen-bond acceptors (Lipinski definition) is 3. The summed E-state index contributed by atoms with van der Waals surface area (Å²) < 4.78 is 1.90. The van der Waals surface area contributed by atoms with Gasteiger partial charge in [0.2, 0.25) is 0 Å². The van der Waals surface area contributed by atoms with E-state index in [0.717, 1.165) is 31.5 Å². The van der Waals surface area contributed by atoms with Crippen LogP contribution in [0.25, 0.3) is 0 Å². The Kier molecular flexibility index (Phi) is 5.02. The molecule has 7 nitrogen and oxygen atoms in total. The molecule has 0 aliphatic carbocycles. The highest BCUT2D eigenvalue weighted by Gasteiger charge is 2.25. The molecule has 0 bridgehead atoms. The van der Waals surface area contributed by atoms with Crippen molar-refractivity contribution in [2.75, 3.05) is 13.1 Å². The van der Waals surface area contributed by atoms with Gasteiger partial charge in [-0.05, 0) is 36.6 Å². The summed E-state index contributed by atoms with van der Waals surface area (Å²) in [6.07, 6.45) is 3.67. The number of aryl methyl sites for hydroxylation is 1. The van der Waals surface area contributed by atoms with Crippen LogP contribution < -0.4 is 5.32 Å². The van der Waals surface area contributed by atoms with Gasteiger partial charge in [0, 0.05) is 44.5 Å². The SMILES string of the molecule is Cn1nccc1C1CCN(C(=O)NCc2ccc(C(=O)O)cc2)CC1. The van der Waals surface area contributed by atoms with Crippen molar-refractivity contribution in [1.29, 1.82) is 0 Å². The fraction of sp³-hybridized carbons (Fsp3) is 0.389. The predicted octanol–water partition coefficient (Wildman–Crippen LogP) is 2.21. The van der Waals surface area contributed by atoms with Gasteiger partial charge in [-0.25, -0.2) is 9.59 Å². The predicted molar refractivity (Wildman–Crippen MR) is 92.4 cm³/mol. The van der Waals surface area contributed by atoms with E-state index in [-0.39, 0.29) is 11.6 Å².